The molecule has 5 nitrogen and oxygen atoms in total. The van der Waals surface area contributed by atoms with Crippen LogP contribution in [0, 0.1) is 0 Å². The van der Waals surface area contributed by atoms with Crippen molar-refractivity contribution >= 4 is 17.5 Å². The topological polar surface area (TPSA) is 59.0 Å². The van der Waals surface area contributed by atoms with E-state index in [2.05, 4.69) is 0 Å². The predicted octanol–water partition coefficient (Wildman–Crippen LogP) is 2.85. The van der Waals surface area contributed by atoms with Gasteiger partial charge in [0.2, 0.25) is 0 Å². The molecule has 0 aromatic heterocycles. The Labute approximate surface area is 154 Å². The van der Waals surface area contributed by atoms with Gasteiger partial charge < -0.3 is 19.5 Å². The van der Waals surface area contributed by atoms with Crippen molar-refractivity contribution in [3.8, 4) is 16.9 Å². The number of hydrogen-bond acceptors (Lipinski definition) is 4. The molecule has 1 fully saturated rings. The molecule has 25 heavy (non-hydrogen) atoms. The van der Waals surface area contributed by atoms with Crippen molar-refractivity contribution in [1.82, 2.24) is 4.90 Å². The van der Waals surface area contributed by atoms with Crippen molar-refractivity contribution in [2.45, 2.75) is 0 Å². The molecular weight excluding hydrogens is 342 g/mol. The maximum Gasteiger partial charge on any atom is 0.254 e. The standard InChI is InChI=1S/C19H20ClNO4/c20-17-13-16(5-6-18(17)25-12-9-22)14-1-3-15(4-2-14)19(23)21-7-10-24-11-8-21/h1-6,13,22H,7-12H2/i12D2. The second-order valence-electron chi connectivity index (χ2n) is 5.53. The summed E-state index contributed by atoms with van der Waals surface area (Å²) in [6.45, 7) is -0.662. The van der Waals surface area contributed by atoms with Crippen LogP contribution < -0.4 is 4.74 Å². The Morgan fingerprint density at radius 3 is 2.52 bits per heavy atom. The van der Waals surface area contributed by atoms with E-state index in [9.17, 15) is 4.79 Å². The average Bonchev–Trinajstić information content (AvgIpc) is 2.70. The highest BCUT2D eigenvalue weighted by atomic mass is 35.5. The number of amides is 1. The Morgan fingerprint density at radius 2 is 1.88 bits per heavy atom. The molecule has 0 atom stereocenters. The Morgan fingerprint density at radius 1 is 1.20 bits per heavy atom. The van der Waals surface area contributed by atoms with Crippen LogP contribution in [0.25, 0.3) is 11.1 Å². The van der Waals surface area contributed by atoms with Crippen molar-refractivity contribution in [2.75, 3.05) is 39.5 Å². The van der Waals surface area contributed by atoms with Gasteiger partial charge in [-0.2, -0.15) is 0 Å². The minimum atomic E-state index is -2.20. The second kappa shape index (κ2) is 8.34. The maximum atomic E-state index is 12.5. The van der Waals surface area contributed by atoms with Gasteiger partial charge in [-0.1, -0.05) is 29.8 Å². The minimum absolute atomic E-state index is 0.0159. The first-order valence-electron chi connectivity index (χ1n) is 8.96. The van der Waals surface area contributed by atoms with E-state index in [1.54, 1.807) is 35.2 Å². The molecule has 1 amide bonds. The number of morpholine rings is 1. The van der Waals surface area contributed by atoms with Crippen LogP contribution in [0.1, 0.15) is 13.1 Å². The number of ether oxygens (including phenoxy) is 2. The van der Waals surface area contributed by atoms with Gasteiger partial charge in [0.05, 0.1) is 27.6 Å². The van der Waals surface area contributed by atoms with Crippen LogP contribution in [0.5, 0.6) is 5.75 Å². The number of benzene rings is 2. The van der Waals surface area contributed by atoms with Crippen LogP contribution in [-0.2, 0) is 4.74 Å². The minimum Gasteiger partial charge on any atom is -0.490 e. The molecule has 6 heteroatoms. The molecule has 2 aromatic rings. The predicted molar refractivity (Wildman–Crippen MR) is 96.2 cm³/mol. The Hall–Kier alpha value is -2.08. The van der Waals surface area contributed by atoms with Crippen LogP contribution in [0.2, 0.25) is 5.02 Å². The zero-order valence-electron chi connectivity index (χ0n) is 15.6. The molecule has 1 heterocycles. The molecular formula is C19H20ClNO4. The highest BCUT2D eigenvalue weighted by Gasteiger charge is 2.18. The maximum absolute atomic E-state index is 12.5. The first kappa shape index (κ1) is 15.2. The molecule has 132 valence electrons. The van der Waals surface area contributed by atoms with Crippen LogP contribution in [0.3, 0.4) is 0 Å². The fraction of sp³-hybridized carbons (Fsp3) is 0.316. The van der Waals surface area contributed by atoms with E-state index in [-0.39, 0.29) is 16.7 Å². The monoisotopic (exact) mass is 363 g/mol. The number of carbonyl (C=O) groups is 1. The SMILES string of the molecule is [2H]C([2H])(CO)Oc1ccc(-c2ccc(C(=O)N3CCOCC3)cc2)cc1Cl. The molecule has 0 bridgehead atoms. The molecule has 1 saturated heterocycles. The Balaban J connectivity index is 1.75. The summed E-state index contributed by atoms with van der Waals surface area (Å²) in [6.07, 6.45) is 0. The fourth-order valence-electron chi connectivity index (χ4n) is 2.63. The van der Waals surface area contributed by atoms with Crippen molar-refractivity contribution in [1.29, 1.82) is 0 Å². The third-order valence-corrected chi connectivity index (χ3v) is 4.24. The van der Waals surface area contributed by atoms with Gasteiger partial charge in [-0.05, 0) is 35.4 Å². The van der Waals surface area contributed by atoms with Gasteiger partial charge in [0.15, 0.2) is 0 Å². The third kappa shape index (κ3) is 4.31. The summed E-state index contributed by atoms with van der Waals surface area (Å²) in [6, 6.07) is 12.2. The molecule has 1 aliphatic rings. The summed E-state index contributed by atoms with van der Waals surface area (Å²) in [5, 5.41) is 9.20. The third-order valence-electron chi connectivity index (χ3n) is 3.94. The van der Waals surface area contributed by atoms with E-state index >= 15 is 0 Å². The van der Waals surface area contributed by atoms with Crippen LogP contribution in [-0.4, -0.2) is 55.4 Å². The van der Waals surface area contributed by atoms with Crippen molar-refractivity contribution in [3.63, 3.8) is 0 Å². The number of aliphatic hydroxyl groups excluding tert-OH is 1. The Kier molecular flexibility index (Phi) is 5.07. The van der Waals surface area contributed by atoms with Crippen molar-refractivity contribution in [2.24, 2.45) is 0 Å². The van der Waals surface area contributed by atoms with Crippen molar-refractivity contribution < 1.29 is 22.1 Å². The van der Waals surface area contributed by atoms with Gasteiger partial charge in [0.25, 0.3) is 5.91 Å². The van der Waals surface area contributed by atoms with Gasteiger partial charge in [0, 0.05) is 18.7 Å². The first-order valence-corrected chi connectivity index (χ1v) is 8.34. The van der Waals surface area contributed by atoms with E-state index < -0.39 is 13.2 Å². The molecule has 0 unspecified atom stereocenters. The number of nitrogens with zero attached hydrogens (tertiary/aromatic N) is 1. The lowest BCUT2D eigenvalue weighted by atomic mass is 10.0. The fourth-order valence-corrected chi connectivity index (χ4v) is 2.85. The number of halogens is 1. The summed E-state index contributed by atoms with van der Waals surface area (Å²) in [5.41, 5.74) is 2.29. The normalized spacial score (nSPS) is 16.2. The summed E-state index contributed by atoms with van der Waals surface area (Å²) >= 11 is 6.18. The molecule has 0 saturated carbocycles. The lowest BCUT2D eigenvalue weighted by Crippen LogP contribution is -2.40. The number of carbonyl (C=O) groups excluding carboxylic acids is 1. The highest BCUT2D eigenvalue weighted by Crippen LogP contribution is 2.30. The zero-order valence-corrected chi connectivity index (χ0v) is 14.3. The van der Waals surface area contributed by atoms with Gasteiger partial charge >= 0.3 is 0 Å². The molecule has 1 aliphatic heterocycles. The van der Waals surface area contributed by atoms with Gasteiger partial charge in [0.1, 0.15) is 12.3 Å². The van der Waals surface area contributed by atoms with Crippen LogP contribution in [0.15, 0.2) is 42.5 Å². The summed E-state index contributed by atoms with van der Waals surface area (Å²) in [4.78, 5) is 14.3. The average molecular weight is 364 g/mol. The van der Waals surface area contributed by atoms with Crippen molar-refractivity contribution in [3.05, 3.63) is 53.1 Å². The second-order valence-corrected chi connectivity index (χ2v) is 5.94. The Bertz CT molecular complexity index is 808. The molecule has 0 aliphatic carbocycles. The zero-order chi connectivity index (χ0) is 19.4. The van der Waals surface area contributed by atoms with E-state index in [0.29, 0.717) is 31.9 Å². The molecule has 2 aromatic carbocycles. The largest absolute Gasteiger partial charge is 0.490 e. The number of aliphatic hydroxyl groups is 1. The number of hydrogen-bond donors (Lipinski definition) is 1. The highest BCUT2D eigenvalue weighted by molar-refractivity contribution is 6.32. The smallest absolute Gasteiger partial charge is 0.254 e. The van der Waals surface area contributed by atoms with Gasteiger partial charge in [-0.3, -0.25) is 4.79 Å². The number of rotatable bonds is 5. The quantitative estimate of drug-likeness (QED) is 0.887. The molecule has 0 radical (unpaired) electrons. The van der Waals surface area contributed by atoms with E-state index in [1.165, 1.54) is 0 Å². The van der Waals surface area contributed by atoms with Crippen LogP contribution in [0.4, 0.5) is 0 Å². The summed E-state index contributed by atoms with van der Waals surface area (Å²) < 4.78 is 25.3. The summed E-state index contributed by atoms with van der Waals surface area (Å²) in [5.74, 6) is 0.136. The van der Waals surface area contributed by atoms with E-state index in [1.807, 2.05) is 12.1 Å². The van der Waals surface area contributed by atoms with E-state index in [0.717, 1.165) is 11.1 Å². The molecule has 3 rings (SSSR count). The lowest BCUT2D eigenvalue weighted by molar-refractivity contribution is 0.0303. The lowest BCUT2D eigenvalue weighted by Gasteiger charge is -2.26. The molecule has 1 N–H and O–H groups in total. The van der Waals surface area contributed by atoms with Gasteiger partial charge in [-0.15, -0.1) is 0 Å². The van der Waals surface area contributed by atoms with Crippen LogP contribution >= 0.6 is 11.6 Å². The van der Waals surface area contributed by atoms with E-state index in [4.69, 9.17) is 28.9 Å². The molecule has 0 spiro atoms. The first-order chi connectivity index (χ1) is 12.9. The summed E-state index contributed by atoms with van der Waals surface area (Å²) in [7, 11) is 0. The van der Waals surface area contributed by atoms with Gasteiger partial charge in [-0.25, -0.2) is 0 Å².